The zero-order valence-corrected chi connectivity index (χ0v) is 20.6. The average molecular weight is 465 g/mol. The summed E-state index contributed by atoms with van der Waals surface area (Å²) in [7, 11) is -0.909. The number of aryl methyl sites for hydroxylation is 1. The minimum atomic E-state index is -0.909. The molecule has 4 rings (SSSR count). The topological polar surface area (TPSA) is 75.2 Å². The maximum absolute atomic E-state index is 12.4. The van der Waals surface area contributed by atoms with Crippen LogP contribution in [0.25, 0.3) is 0 Å². The minimum absolute atomic E-state index is 0.0307. The zero-order valence-electron chi connectivity index (χ0n) is 19.8. The molecule has 178 valence electrons. The average Bonchev–Trinajstić information content (AvgIpc) is 2.77. The zero-order chi connectivity index (χ0) is 22.9. The molecule has 3 aliphatic heterocycles. The van der Waals surface area contributed by atoms with Crippen LogP contribution in [-0.2, 0) is 22.1 Å². The number of carbonyl (C=O) groups is 1. The first-order chi connectivity index (χ1) is 15.1. The molecule has 0 aromatic carbocycles. The standard InChI is InChI=1S/C23H36N4O4S/c1-22(2,3)17-30-21(28)26-9-7-23(8-10-26)6-5-18-15-20(24-16-19(18)31-23)25-11-13-27(14-12-25)32(4)29/h15-16H,5-14,17H2,1-4H3. The summed E-state index contributed by atoms with van der Waals surface area (Å²) in [6, 6.07) is 2.15. The van der Waals surface area contributed by atoms with Crippen molar-refractivity contribution < 1.29 is 18.5 Å². The van der Waals surface area contributed by atoms with Crippen molar-refractivity contribution in [3.05, 3.63) is 17.8 Å². The summed E-state index contributed by atoms with van der Waals surface area (Å²) >= 11 is 0. The van der Waals surface area contributed by atoms with Crippen LogP contribution >= 0.6 is 0 Å². The number of aromatic nitrogens is 1. The maximum Gasteiger partial charge on any atom is 0.409 e. The number of piperidine rings is 1. The van der Waals surface area contributed by atoms with E-state index in [-0.39, 0.29) is 17.1 Å². The summed E-state index contributed by atoms with van der Waals surface area (Å²) in [5, 5.41) is 0. The van der Waals surface area contributed by atoms with Gasteiger partial charge in [-0.15, -0.1) is 0 Å². The lowest BCUT2D eigenvalue weighted by Crippen LogP contribution is -2.51. The highest BCUT2D eigenvalue weighted by molar-refractivity contribution is 7.81. The highest BCUT2D eigenvalue weighted by atomic mass is 32.2. The Morgan fingerprint density at radius 1 is 1.16 bits per heavy atom. The van der Waals surface area contributed by atoms with Gasteiger partial charge in [-0.25, -0.2) is 18.3 Å². The van der Waals surface area contributed by atoms with Crippen molar-refractivity contribution in [3.8, 4) is 5.75 Å². The van der Waals surface area contributed by atoms with Gasteiger partial charge in [0, 0.05) is 58.4 Å². The second-order valence-electron chi connectivity index (χ2n) is 10.4. The van der Waals surface area contributed by atoms with Crippen LogP contribution in [0.2, 0.25) is 0 Å². The van der Waals surface area contributed by atoms with Gasteiger partial charge in [0.25, 0.3) is 0 Å². The summed E-state index contributed by atoms with van der Waals surface area (Å²) in [6.07, 6.45) is 6.92. The Hall–Kier alpha value is -1.87. The Kier molecular flexibility index (Phi) is 6.68. The molecule has 0 N–H and O–H groups in total. The number of piperazine rings is 1. The minimum Gasteiger partial charge on any atom is -0.485 e. The lowest BCUT2D eigenvalue weighted by Gasteiger charge is -2.44. The smallest absolute Gasteiger partial charge is 0.409 e. The van der Waals surface area contributed by atoms with E-state index in [1.165, 1.54) is 5.56 Å². The molecule has 3 aliphatic rings. The van der Waals surface area contributed by atoms with E-state index >= 15 is 0 Å². The largest absolute Gasteiger partial charge is 0.485 e. The summed E-state index contributed by atoms with van der Waals surface area (Å²) < 4.78 is 25.6. The number of likely N-dealkylation sites (tertiary alicyclic amines) is 1. The van der Waals surface area contributed by atoms with Gasteiger partial charge in [0.15, 0.2) is 0 Å². The van der Waals surface area contributed by atoms with E-state index in [4.69, 9.17) is 9.47 Å². The Bertz CT molecular complexity index is 856. The summed E-state index contributed by atoms with van der Waals surface area (Å²) in [6.45, 7) is 11.2. The van der Waals surface area contributed by atoms with Crippen LogP contribution in [0.15, 0.2) is 12.3 Å². The fourth-order valence-corrected chi connectivity index (χ4v) is 5.25. The first-order valence-corrected chi connectivity index (χ1v) is 13.1. The quantitative estimate of drug-likeness (QED) is 0.685. The molecule has 0 radical (unpaired) electrons. The van der Waals surface area contributed by atoms with Gasteiger partial charge < -0.3 is 19.3 Å². The molecule has 1 unspecified atom stereocenters. The van der Waals surface area contributed by atoms with Gasteiger partial charge in [-0.05, 0) is 29.9 Å². The summed E-state index contributed by atoms with van der Waals surface area (Å²) in [5.74, 6) is 1.85. The van der Waals surface area contributed by atoms with Crippen LogP contribution in [-0.4, -0.2) is 82.2 Å². The number of anilines is 1. The Labute approximate surface area is 193 Å². The number of hydrogen-bond acceptors (Lipinski definition) is 6. The highest BCUT2D eigenvalue weighted by Crippen LogP contribution is 2.40. The first-order valence-electron chi connectivity index (χ1n) is 11.6. The van der Waals surface area contributed by atoms with Gasteiger partial charge in [-0.2, -0.15) is 0 Å². The molecule has 0 bridgehead atoms. The van der Waals surface area contributed by atoms with Crippen molar-refractivity contribution >= 4 is 22.9 Å². The second-order valence-corrected chi connectivity index (χ2v) is 11.7. The first kappa shape index (κ1) is 23.3. The van der Waals surface area contributed by atoms with E-state index < -0.39 is 11.0 Å². The third-order valence-corrected chi connectivity index (χ3v) is 7.69. The van der Waals surface area contributed by atoms with Gasteiger partial charge in [0.05, 0.1) is 23.8 Å². The third-order valence-electron chi connectivity index (χ3n) is 6.60. The number of fused-ring (bicyclic) bond motifs is 1. The van der Waals surface area contributed by atoms with Crippen molar-refractivity contribution in [2.24, 2.45) is 5.41 Å². The highest BCUT2D eigenvalue weighted by Gasteiger charge is 2.41. The number of pyridine rings is 1. The van der Waals surface area contributed by atoms with E-state index in [0.717, 1.165) is 63.4 Å². The van der Waals surface area contributed by atoms with E-state index in [1.54, 1.807) is 11.2 Å². The molecular weight excluding hydrogens is 428 g/mol. The Morgan fingerprint density at radius 3 is 2.47 bits per heavy atom. The van der Waals surface area contributed by atoms with Crippen LogP contribution in [0.5, 0.6) is 5.75 Å². The number of carbonyl (C=O) groups excluding carboxylic acids is 1. The molecule has 0 aliphatic carbocycles. The molecule has 9 heteroatoms. The monoisotopic (exact) mass is 464 g/mol. The molecule has 1 amide bonds. The molecule has 1 aromatic heterocycles. The van der Waals surface area contributed by atoms with Crippen LogP contribution in [0.4, 0.5) is 10.6 Å². The number of ether oxygens (including phenoxy) is 2. The van der Waals surface area contributed by atoms with E-state index in [1.807, 2.05) is 10.5 Å². The number of hydrogen-bond donors (Lipinski definition) is 0. The predicted octanol–water partition coefficient (Wildman–Crippen LogP) is 2.84. The normalized spacial score (nSPS) is 22.2. The van der Waals surface area contributed by atoms with Crippen LogP contribution in [0.1, 0.15) is 45.6 Å². The van der Waals surface area contributed by atoms with Crippen molar-refractivity contribution in [3.63, 3.8) is 0 Å². The van der Waals surface area contributed by atoms with E-state index in [0.29, 0.717) is 19.7 Å². The summed E-state index contributed by atoms with van der Waals surface area (Å²) in [4.78, 5) is 21.1. The Balaban J connectivity index is 1.33. The molecule has 0 saturated carbocycles. The molecule has 1 aromatic rings. The summed E-state index contributed by atoms with van der Waals surface area (Å²) in [5.41, 5.74) is 0.958. The number of amides is 1. The van der Waals surface area contributed by atoms with E-state index in [2.05, 4.69) is 36.7 Å². The van der Waals surface area contributed by atoms with Crippen molar-refractivity contribution in [1.29, 1.82) is 0 Å². The van der Waals surface area contributed by atoms with Crippen LogP contribution in [0, 0.1) is 5.41 Å². The van der Waals surface area contributed by atoms with Gasteiger partial charge >= 0.3 is 6.09 Å². The van der Waals surface area contributed by atoms with Crippen LogP contribution < -0.4 is 9.64 Å². The molecule has 8 nitrogen and oxygen atoms in total. The predicted molar refractivity (Wildman–Crippen MR) is 125 cm³/mol. The number of nitrogens with zero attached hydrogens (tertiary/aromatic N) is 4. The van der Waals surface area contributed by atoms with Gasteiger partial charge in [0.2, 0.25) is 0 Å². The fraction of sp³-hybridized carbons (Fsp3) is 0.739. The lowest BCUT2D eigenvalue weighted by atomic mass is 9.83. The second kappa shape index (κ2) is 9.17. The fourth-order valence-electron chi connectivity index (χ4n) is 4.57. The Morgan fingerprint density at radius 2 is 1.84 bits per heavy atom. The molecule has 1 atom stereocenters. The van der Waals surface area contributed by atoms with E-state index in [9.17, 15) is 9.00 Å². The van der Waals surface area contributed by atoms with Crippen molar-refractivity contribution in [1.82, 2.24) is 14.2 Å². The van der Waals surface area contributed by atoms with Gasteiger partial charge in [-0.1, -0.05) is 20.8 Å². The molecule has 1 spiro atoms. The molecule has 2 saturated heterocycles. The maximum atomic E-state index is 12.4. The van der Waals surface area contributed by atoms with Crippen LogP contribution in [0.3, 0.4) is 0 Å². The van der Waals surface area contributed by atoms with Gasteiger partial charge in [0.1, 0.15) is 17.2 Å². The lowest BCUT2D eigenvalue weighted by molar-refractivity contribution is -0.0174. The van der Waals surface area contributed by atoms with Gasteiger partial charge in [-0.3, -0.25) is 0 Å². The molecular formula is C23H36N4O4S. The van der Waals surface area contributed by atoms with Crippen molar-refractivity contribution in [2.75, 3.05) is 57.0 Å². The third kappa shape index (κ3) is 5.36. The SMILES string of the molecule is CS(=O)N1CCN(c2cc3c(cn2)OC2(CC3)CCN(C(=O)OCC(C)(C)C)CC2)CC1. The molecule has 32 heavy (non-hydrogen) atoms. The molecule has 4 heterocycles. The molecule has 2 fully saturated rings. The van der Waals surface area contributed by atoms with Crippen molar-refractivity contribution in [2.45, 2.75) is 52.1 Å². The number of rotatable bonds is 3.